The molecular weight excluding hydrogens is 420 g/mol. The Kier molecular flexibility index (Phi) is 10.5. The Labute approximate surface area is 180 Å². The van der Waals surface area contributed by atoms with Gasteiger partial charge >= 0.3 is 0 Å². The third kappa shape index (κ3) is 6.53. The van der Waals surface area contributed by atoms with Crippen LogP contribution in [0.5, 0.6) is 0 Å². The molecule has 0 aromatic heterocycles. The van der Waals surface area contributed by atoms with Gasteiger partial charge in [0.2, 0.25) is 0 Å². The monoisotopic (exact) mass is 456 g/mol. The highest BCUT2D eigenvalue weighted by Crippen LogP contribution is 2.32. The maximum atomic E-state index is 10.6. The molecule has 0 spiro atoms. The van der Waals surface area contributed by atoms with Gasteiger partial charge in [-0.1, -0.05) is 13.8 Å². The van der Waals surface area contributed by atoms with Crippen molar-refractivity contribution in [3.05, 3.63) is 0 Å². The minimum atomic E-state index is -1.48. The number of aliphatic hydroxyl groups is 7. The van der Waals surface area contributed by atoms with Crippen molar-refractivity contribution in [1.82, 2.24) is 0 Å². The van der Waals surface area contributed by atoms with Crippen molar-refractivity contribution < 1.29 is 59.4 Å². The first-order valence-corrected chi connectivity index (χ1v) is 10.4. The molecule has 31 heavy (non-hydrogen) atoms. The summed E-state index contributed by atoms with van der Waals surface area (Å²) in [5.41, 5.74) is 0. The SMILES string of the molecule is CC(CO)OC(OC1C(O)COC(C(C)C)C1OC1OC(CO)C(O)C1O)[C@@H](O)CO. The summed E-state index contributed by atoms with van der Waals surface area (Å²) in [5, 5.41) is 68.8. The van der Waals surface area contributed by atoms with E-state index in [-0.39, 0.29) is 19.1 Å². The Hall–Kier alpha value is -0.480. The zero-order valence-corrected chi connectivity index (χ0v) is 17.9. The second-order valence-corrected chi connectivity index (χ2v) is 8.26. The van der Waals surface area contributed by atoms with Crippen molar-refractivity contribution in [2.24, 2.45) is 5.92 Å². The summed E-state index contributed by atoms with van der Waals surface area (Å²) in [6.07, 6.45) is -12.9. The minimum Gasteiger partial charge on any atom is -0.394 e. The molecule has 7 N–H and O–H groups in total. The average Bonchev–Trinajstić information content (AvgIpc) is 3.02. The fraction of sp³-hybridized carbons (Fsp3) is 1.00. The summed E-state index contributed by atoms with van der Waals surface area (Å²) in [7, 11) is 0. The van der Waals surface area contributed by atoms with Gasteiger partial charge in [0.25, 0.3) is 0 Å². The molecule has 0 aromatic rings. The van der Waals surface area contributed by atoms with E-state index in [1.807, 2.05) is 13.8 Å². The van der Waals surface area contributed by atoms with Gasteiger partial charge in [0.15, 0.2) is 12.6 Å². The summed E-state index contributed by atoms with van der Waals surface area (Å²) in [4.78, 5) is 0. The molecule has 2 saturated heterocycles. The van der Waals surface area contributed by atoms with Crippen molar-refractivity contribution in [3.8, 4) is 0 Å². The number of aliphatic hydroxyl groups excluding tert-OH is 7. The Bertz CT molecular complexity index is 522. The lowest BCUT2D eigenvalue weighted by molar-refractivity contribution is -0.322. The van der Waals surface area contributed by atoms with Gasteiger partial charge in [-0.25, -0.2) is 0 Å². The maximum absolute atomic E-state index is 10.6. The van der Waals surface area contributed by atoms with Crippen LogP contribution in [0.1, 0.15) is 20.8 Å². The Morgan fingerprint density at radius 2 is 1.65 bits per heavy atom. The van der Waals surface area contributed by atoms with E-state index in [1.165, 1.54) is 6.92 Å². The smallest absolute Gasteiger partial charge is 0.187 e. The first-order chi connectivity index (χ1) is 14.6. The molecule has 2 aliphatic heterocycles. The highest BCUT2D eigenvalue weighted by molar-refractivity contribution is 4.94. The van der Waals surface area contributed by atoms with E-state index in [9.17, 15) is 35.7 Å². The molecule has 12 nitrogen and oxygen atoms in total. The largest absolute Gasteiger partial charge is 0.394 e. The third-order valence-corrected chi connectivity index (χ3v) is 5.35. The van der Waals surface area contributed by atoms with Gasteiger partial charge in [-0.15, -0.1) is 0 Å². The van der Waals surface area contributed by atoms with E-state index < -0.39 is 80.7 Å². The van der Waals surface area contributed by atoms with Gasteiger partial charge in [0, 0.05) is 0 Å². The van der Waals surface area contributed by atoms with E-state index in [2.05, 4.69) is 0 Å². The molecule has 0 aromatic carbocycles. The van der Waals surface area contributed by atoms with Gasteiger partial charge in [-0.3, -0.25) is 0 Å². The number of hydrogen-bond acceptors (Lipinski definition) is 12. The molecule has 2 fully saturated rings. The van der Waals surface area contributed by atoms with Crippen LogP contribution in [0.4, 0.5) is 0 Å². The van der Waals surface area contributed by atoms with Crippen LogP contribution in [0.25, 0.3) is 0 Å². The van der Waals surface area contributed by atoms with Crippen molar-refractivity contribution in [2.75, 3.05) is 26.4 Å². The quantitative estimate of drug-likeness (QED) is 0.154. The van der Waals surface area contributed by atoms with E-state index in [4.69, 9.17) is 23.7 Å². The third-order valence-electron chi connectivity index (χ3n) is 5.35. The van der Waals surface area contributed by atoms with Crippen LogP contribution in [0.15, 0.2) is 0 Å². The van der Waals surface area contributed by atoms with E-state index in [0.717, 1.165) is 0 Å². The van der Waals surface area contributed by atoms with E-state index in [0.29, 0.717) is 0 Å². The van der Waals surface area contributed by atoms with Gasteiger partial charge in [-0.2, -0.15) is 0 Å². The molecule has 2 heterocycles. The first kappa shape index (κ1) is 26.8. The van der Waals surface area contributed by atoms with Crippen LogP contribution in [-0.4, -0.2) is 130 Å². The van der Waals surface area contributed by atoms with Crippen LogP contribution >= 0.6 is 0 Å². The lowest BCUT2D eigenvalue weighted by Crippen LogP contribution is -2.60. The Morgan fingerprint density at radius 3 is 2.16 bits per heavy atom. The summed E-state index contributed by atoms with van der Waals surface area (Å²) < 4.78 is 28.2. The van der Waals surface area contributed by atoms with Gasteiger partial charge < -0.3 is 59.4 Å². The molecular formula is C19H36O12. The zero-order chi connectivity index (χ0) is 23.3. The summed E-state index contributed by atoms with van der Waals surface area (Å²) in [6, 6.07) is 0. The molecule has 0 amide bonds. The molecule has 0 aliphatic carbocycles. The zero-order valence-electron chi connectivity index (χ0n) is 17.9. The van der Waals surface area contributed by atoms with Crippen LogP contribution in [0, 0.1) is 5.92 Å². The predicted octanol–water partition coefficient (Wildman–Crippen LogP) is -3.31. The number of ether oxygens (including phenoxy) is 5. The first-order valence-electron chi connectivity index (χ1n) is 10.4. The van der Waals surface area contributed by atoms with Crippen molar-refractivity contribution in [2.45, 2.75) is 88.3 Å². The average molecular weight is 456 g/mol. The topological polar surface area (TPSA) is 188 Å². The summed E-state index contributed by atoms with van der Waals surface area (Å²) in [5.74, 6) is -0.126. The van der Waals surface area contributed by atoms with Crippen LogP contribution < -0.4 is 0 Å². The number of rotatable bonds is 11. The normalized spacial score (nSPS) is 39.6. The van der Waals surface area contributed by atoms with Crippen LogP contribution in [0.3, 0.4) is 0 Å². The van der Waals surface area contributed by atoms with Gasteiger partial charge in [0.05, 0.1) is 38.6 Å². The summed E-state index contributed by atoms with van der Waals surface area (Å²) in [6.45, 7) is 3.51. The van der Waals surface area contributed by atoms with Crippen molar-refractivity contribution >= 4 is 0 Å². The highest BCUT2D eigenvalue weighted by Gasteiger charge is 2.50. The predicted molar refractivity (Wildman–Crippen MR) is 103 cm³/mol. The van der Waals surface area contributed by atoms with Gasteiger partial charge in [0.1, 0.15) is 42.7 Å². The molecule has 184 valence electrons. The second-order valence-electron chi connectivity index (χ2n) is 8.26. The standard InChI is InChI=1S/C19H36O12/c1-8(2)15-17(31-19-14(26)13(25)12(6-22)29-19)16(11(24)7-27-15)30-18(10(23)5-21)28-9(3)4-20/h8-26H,4-7H2,1-3H3/t9?,10-,11?,12?,13?,14?,15?,16?,17?,18?,19?/m0/s1. The van der Waals surface area contributed by atoms with Crippen LogP contribution in [-0.2, 0) is 23.7 Å². The molecule has 10 unspecified atom stereocenters. The lowest BCUT2D eigenvalue weighted by Gasteiger charge is -2.44. The second kappa shape index (κ2) is 12.1. The molecule has 2 aliphatic rings. The van der Waals surface area contributed by atoms with Gasteiger partial charge in [-0.05, 0) is 12.8 Å². The fourth-order valence-corrected chi connectivity index (χ4v) is 3.56. The fourth-order valence-electron chi connectivity index (χ4n) is 3.56. The molecule has 12 heteroatoms. The van der Waals surface area contributed by atoms with Crippen molar-refractivity contribution in [1.29, 1.82) is 0 Å². The number of hydrogen-bond donors (Lipinski definition) is 7. The molecule has 11 atom stereocenters. The molecule has 0 saturated carbocycles. The van der Waals surface area contributed by atoms with Crippen LogP contribution in [0.2, 0.25) is 0 Å². The lowest BCUT2D eigenvalue weighted by atomic mass is 9.92. The maximum Gasteiger partial charge on any atom is 0.187 e. The van der Waals surface area contributed by atoms with Crippen molar-refractivity contribution in [3.63, 3.8) is 0 Å². The van der Waals surface area contributed by atoms with E-state index in [1.54, 1.807) is 0 Å². The Morgan fingerprint density at radius 1 is 0.968 bits per heavy atom. The minimum absolute atomic E-state index is 0.110. The van der Waals surface area contributed by atoms with E-state index >= 15 is 0 Å². The molecule has 2 rings (SSSR count). The molecule has 0 radical (unpaired) electrons. The molecule has 0 bridgehead atoms. The summed E-state index contributed by atoms with van der Waals surface area (Å²) >= 11 is 0. The Balaban J connectivity index is 2.25. The highest BCUT2D eigenvalue weighted by atomic mass is 16.7.